The van der Waals surface area contributed by atoms with E-state index in [2.05, 4.69) is 15.6 Å². The first-order valence-electron chi connectivity index (χ1n) is 6.34. The van der Waals surface area contributed by atoms with Crippen molar-refractivity contribution in [1.29, 1.82) is 0 Å². The minimum absolute atomic E-state index is 0.113. The number of hydrogen-bond acceptors (Lipinski definition) is 4. The molecule has 1 aromatic heterocycles. The number of pyridine rings is 1. The van der Waals surface area contributed by atoms with Gasteiger partial charge >= 0.3 is 5.97 Å². The fraction of sp³-hybridized carbons (Fsp3) is 0.133. The van der Waals surface area contributed by atoms with Gasteiger partial charge in [0.2, 0.25) is 5.91 Å². The van der Waals surface area contributed by atoms with Gasteiger partial charge in [0.05, 0.1) is 17.8 Å². The van der Waals surface area contributed by atoms with Gasteiger partial charge in [-0.3, -0.25) is 9.78 Å². The molecule has 2 rings (SSSR count). The number of carbonyl (C=O) groups excluding carboxylic acids is 1. The van der Waals surface area contributed by atoms with Crippen molar-refractivity contribution >= 4 is 23.3 Å². The second kappa shape index (κ2) is 6.51. The van der Waals surface area contributed by atoms with E-state index in [1.165, 1.54) is 19.2 Å². The third kappa shape index (κ3) is 4.31. The smallest absolute Gasteiger partial charge is 0.337 e. The lowest BCUT2D eigenvalue weighted by molar-refractivity contribution is -0.114. The van der Waals surface area contributed by atoms with E-state index in [-0.39, 0.29) is 11.5 Å². The van der Waals surface area contributed by atoms with E-state index >= 15 is 0 Å². The number of benzene rings is 1. The van der Waals surface area contributed by atoms with Gasteiger partial charge in [-0.1, -0.05) is 0 Å². The van der Waals surface area contributed by atoms with Crippen LogP contribution in [0.4, 0.5) is 11.4 Å². The first-order chi connectivity index (χ1) is 10.0. The van der Waals surface area contributed by atoms with Crippen molar-refractivity contribution in [1.82, 2.24) is 4.98 Å². The molecule has 21 heavy (non-hydrogen) atoms. The first-order valence-corrected chi connectivity index (χ1v) is 6.34. The maximum Gasteiger partial charge on any atom is 0.337 e. The van der Waals surface area contributed by atoms with Gasteiger partial charge in [0.15, 0.2) is 0 Å². The van der Waals surface area contributed by atoms with Crippen LogP contribution in [0.15, 0.2) is 42.6 Å². The van der Waals surface area contributed by atoms with Gasteiger partial charge in [0, 0.05) is 24.5 Å². The fourth-order valence-corrected chi connectivity index (χ4v) is 1.72. The molecule has 6 nitrogen and oxygen atoms in total. The number of amides is 1. The zero-order valence-electron chi connectivity index (χ0n) is 11.5. The van der Waals surface area contributed by atoms with Crippen molar-refractivity contribution in [3.05, 3.63) is 53.9 Å². The monoisotopic (exact) mass is 285 g/mol. The fourth-order valence-electron chi connectivity index (χ4n) is 1.72. The van der Waals surface area contributed by atoms with Crippen molar-refractivity contribution in [2.24, 2.45) is 0 Å². The number of hydrogen-bond donors (Lipinski definition) is 3. The van der Waals surface area contributed by atoms with Crippen molar-refractivity contribution in [3.63, 3.8) is 0 Å². The summed E-state index contributed by atoms with van der Waals surface area (Å²) in [5.74, 6) is -1.10. The minimum Gasteiger partial charge on any atom is -0.478 e. The van der Waals surface area contributed by atoms with Gasteiger partial charge in [-0.2, -0.15) is 0 Å². The highest BCUT2D eigenvalue weighted by molar-refractivity contribution is 5.88. The summed E-state index contributed by atoms with van der Waals surface area (Å²) in [6.45, 7) is 1.94. The molecule has 0 saturated heterocycles. The predicted molar refractivity (Wildman–Crippen MR) is 79.3 cm³/mol. The van der Waals surface area contributed by atoms with Gasteiger partial charge in [-0.05, 0) is 36.4 Å². The average molecular weight is 285 g/mol. The molecule has 2 aromatic rings. The number of nitrogens with one attached hydrogen (secondary N) is 2. The number of carbonyl (C=O) groups is 2. The van der Waals surface area contributed by atoms with Crippen molar-refractivity contribution in [2.45, 2.75) is 13.5 Å². The summed E-state index contributed by atoms with van der Waals surface area (Å²) >= 11 is 0. The lowest BCUT2D eigenvalue weighted by Gasteiger charge is -2.07. The molecule has 0 unspecified atom stereocenters. The average Bonchev–Trinajstić information content (AvgIpc) is 2.46. The van der Waals surface area contributed by atoms with Crippen LogP contribution in [0.5, 0.6) is 0 Å². The molecule has 3 N–H and O–H groups in total. The molecule has 0 saturated carbocycles. The quantitative estimate of drug-likeness (QED) is 0.784. The van der Waals surface area contributed by atoms with Crippen LogP contribution >= 0.6 is 0 Å². The van der Waals surface area contributed by atoms with Crippen molar-refractivity contribution in [2.75, 3.05) is 10.6 Å². The van der Waals surface area contributed by atoms with E-state index in [1.54, 1.807) is 18.2 Å². The van der Waals surface area contributed by atoms with Crippen LogP contribution in [0.1, 0.15) is 23.0 Å². The highest BCUT2D eigenvalue weighted by atomic mass is 16.4. The molecule has 1 amide bonds. The number of rotatable bonds is 5. The zero-order chi connectivity index (χ0) is 15.2. The molecular formula is C15H15N3O3. The van der Waals surface area contributed by atoms with Gasteiger partial charge in [-0.25, -0.2) is 4.79 Å². The molecule has 0 aliphatic carbocycles. The second-order valence-corrected chi connectivity index (χ2v) is 4.46. The Kier molecular flexibility index (Phi) is 4.50. The number of carboxylic acid groups (broad SMARTS) is 1. The Morgan fingerprint density at radius 3 is 2.29 bits per heavy atom. The van der Waals surface area contributed by atoms with Crippen LogP contribution in [0.2, 0.25) is 0 Å². The number of carboxylic acids is 1. The van der Waals surface area contributed by atoms with Crippen LogP contribution < -0.4 is 10.6 Å². The van der Waals surface area contributed by atoms with Crippen LogP contribution in [0, 0.1) is 0 Å². The Balaban J connectivity index is 1.93. The lowest BCUT2D eigenvalue weighted by atomic mass is 10.2. The molecule has 0 atom stereocenters. The molecular weight excluding hydrogens is 270 g/mol. The SMILES string of the molecule is CC(=O)Nc1ccc(NCc2ccc(C(=O)O)cn2)cc1. The Morgan fingerprint density at radius 2 is 1.76 bits per heavy atom. The molecule has 108 valence electrons. The Bertz CT molecular complexity index is 636. The van der Waals surface area contributed by atoms with Crippen molar-refractivity contribution in [3.8, 4) is 0 Å². The van der Waals surface area contributed by atoms with Gasteiger partial charge in [-0.15, -0.1) is 0 Å². The summed E-state index contributed by atoms with van der Waals surface area (Å²) in [5.41, 5.74) is 2.52. The molecule has 0 fully saturated rings. The zero-order valence-corrected chi connectivity index (χ0v) is 11.5. The van der Waals surface area contributed by atoms with Gasteiger partial charge in [0.1, 0.15) is 0 Å². The topological polar surface area (TPSA) is 91.3 Å². The highest BCUT2D eigenvalue weighted by Crippen LogP contribution is 2.14. The molecule has 1 aromatic carbocycles. The van der Waals surface area contributed by atoms with Crippen LogP contribution in [-0.4, -0.2) is 22.0 Å². The predicted octanol–water partition coefficient (Wildman–Crippen LogP) is 2.35. The lowest BCUT2D eigenvalue weighted by Crippen LogP contribution is -2.06. The third-order valence-electron chi connectivity index (χ3n) is 2.75. The van der Waals surface area contributed by atoms with E-state index in [9.17, 15) is 9.59 Å². The molecule has 0 aliphatic heterocycles. The standard InChI is InChI=1S/C15H15N3O3/c1-10(19)18-13-6-4-12(5-7-13)17-9-14-3-2-11(8-16-14)15(20)21/h2-8,17H,9H2,1H3,(H,18,19)(H,20,21). The second-order valence-electron chi connectivity index (χ2n) is 4.46. The van der Waals surface area contributed by atoms with E-state index in [0.717, 1.165) is 17.1 Å². The van der Waals surface area contributed by atoms with Crippen molar-refractivity contribution < 1.29 is 14.7 Å². The summed E-state index contributed by atoms with van der Waals surface area (Å²) in [5, 5.41) is 14.6. The summed E-state index contributed by atoms with van der Waals surface area (Å²) in [7, 11) is 0. The summed E-state index contributed by atoms with van der Waals surface area (Å²) < 4.78 is 0. The van der Waals surface area contributed by atoms with E-state index in [1.807, 2.05) is 12.1 Å². The molecule has 0 bridgehead atoms. The van der Waals surface area contributed by atoms with E-state index in [4.69, 9.17) is 5.11 Å². The summed E-state index contributed by atoms with van der Waals surface area (Å²) in [4.78, 5) is 25.7. The Morgan fingerprint density at radius 1 is 1.10 bits per heavy atom. The molecule has 0 spiro atoms. The molecule has 0 radical (unpaired) electrons. The minimum atomic E-state index is -0.990. The maximum atomic E-state index is 10.9. The van der Waals surface area contributed by atoms with Crippen LogP contribution in [-0.2, 0) is 11.3 Å². The number of anilines is 2. The third-order valence-corrected chi connectivity index (χ3v) is 2.75. The van der Waals surface area contributed by atoms with Gasteiger partial charge < -0.3 is 15.7 Å². The normalized spacial score (nSPS) is 9.95. The van der Waals surface area contributed by atoms with Gasteiger partial charge in [0.25, 0.3) is 0 Å². The number of aromatic nitrogens is 1. The number of nitrogens with zero attached hydrogens (tertiary/aromatic N) is 1. The Labute approximate surface area is 121 Å². The molecule has 6 heteroatoms. The molecule has 0 aliphatic rings. The largest absolute Gasteiger partial charge is 0.478 e. The highest BCUT2D eigenvalue weighted by Gasteiger charge is 2.03. The van der Waals surface area contributed by atoms with Crippen LogP contribution in [0.25, 0.3) is 0 Å². The first kappa shape index (κ1) is 14.5. The van der Waals surface area contributed by atoms with E-state index < -0.39 is 5.97 Å². The summed E-state index contributed by atoms with van der Waals surface area (Å²) in [6.07, 6.45) is 1.33. The Hall–Kier alpha value is -2.89. The van der Waals surface area contributed by atoms with Crippen LogP contribution in [0.3, 0.4) is 0 Å². The summed E-state index contributed by atoms with van der Waals surface area (Å²) in [6, 6.07) is 10.5. The van der Waals surface area contributed by atoms with E-state index in [0.29, 0.717) is 6.54 Å². The number of aromatic carboxylic acids is 1. The molecule has 1 heterocycles. The maximum absolute atomic E-state index is 10.9.